The predicted octanol–water partition coefficient (Wildman–Crippen LogP) is 5.93. The number of hydrogen-bond acceptors (Lipinski definition) is 2. The van der Waals surface area contributed by atoms with Gasteiger partial charge in [0.1, 0.15) is 12.4 Å². The molecule has 2 nitrogen and oxygen atoms in total. The van der Waals surface area contributed by atoms with Crippen LogP contribution < -0.4 is 4.74 Å². The molecule has 0 heterocycles. The lowest BCUT2D eigenvalue weighted by atomic mass is 10.0. The van der Waals surface area contributed by atoms with Crippen molar-refractivity contribution in [3.8, 4) is 11.8 Å². The van der Waals surface area contributed by atoms with Gasteiger partial charge in [-0.2, -0.15) is 5.26 Å². The molecule has 3 heteroatoms. The summed E-state index contributed by atoms with van der Waals surface area (Å²) in [5.74, 6) is 0.789. The van der Waals surface area contributed by atoms with E-state index >= 15 is 0 Å². The molecule has 0 atom stereocenters. The Balaban J connectivity index is 1.78. The van der Waals surface area contributed by atoms with Crippen LogP contribution in [0.25, 0.3) is 11.6 Å². The van der Waals surface area contributed by atoms with Crippen molar-refractivity contribution in [3.63, 3.8) is 0 Å². The predicted molar refractivity (Wildman–Crippen MR) is 110 cm³/mol. The van der Waals surface area contributed by atoms with Crippen molar-refractivity contribution in [2.75, 3.05) is 0 Å². The minimum atomic E-state index is 0.524. The Morgan fingerprint density at radius 2 is 1.72 bits per heavy atom. The molecule has 0 amide bonds. The van der Waals surface area contributed by atoms with Gasteiger partial charge >= 0.3 is 0 Å². The highest BCUT2D eigenvalue weighted by atomic mass is 127. The monoisotopic (exact) mass is 437 g/mol. The molecule has 3 rings (SSSR count). The van der Waals surface area contributed by atoms with Crippen LogP contribution in [-0.2, 0) is 6.61 Å². The molecule has 3 aromatic rings. The molecule has 3 aromatic carbocycles. The average Bonchev–Trinajstić information content (AvgIpc) is 2.66. The van der Waals surface area contributed by atoms with E-state index < -0.39 is 0 Å². The quantitative estimate of drug-likeness (QED) is 0.282. The van der Waals surface area contributed by atoms with Gasteiger partial charge in [-0.15, -0.1) is 0 Å². The third-order valence-electron chi connectivity index (χ3n) is 3.69. The number of rotatable bonds is 5. The van der Waals surface area contributed by atoms with Gasteiger partial charge in [-0.25, -0.2) is 0 Å². The van der Waals surface area contributed by atoms with Crippen LogP contribution in [-0.4, -0.2) is 0 Å². The van der Waals surface area contributed by atoms with Gasteiger partial charge in [-0.3, -0.25) is 0 Å². The van der Waals surface area contributed by atoms with Crippen LogP contribution in [0.5, 0.6) is 5.75 Å². The highest BCUT2D eigenvalue weighted by Gasteiger charge is 2.02. The zero-order chi connectivity index (χ0) is 17.5. The number of nitrogens with zero attached hydrogens (tertiary/aromatic N) is 1. The number of ether oxygens (including phenoxy) is 1. The van der Waals surface area contributed by atoms with Crippen molar-refractivity contribution >= 4 is 34.2 Å². The minimum absolute atomic E-state index is 0.524. The molecule has 0 saturated carbocycles. The molecule has 0 saturated heterocycles. The van der Waals surface area contributed by atoms with E-state index in [9.17, 15) is 5.26 Å². The van der Waals surface area contributed by atoms with Crippen LogP contribution in [0.4, 0.5) is 0 Å². The molecule has 0 aromatic heterocycles. The summed E-state index contributed by atoms with van der Waals surface area (Å²) in [5, 5.41) is 9.48. The van der Waals surface area contributed by atoms with Crippen LogP contribution >= 0.6 is 22.6 Å². The summed E-state index contributed by atoms with van der Waals surface area (Å²) in [6.45, 7) is 0.524. The second kappa shape index (κ2) is 8.50. The Labute approximate surface area is 161 Å². The van der Waals surface area contributed by atoms with Crippen LogP contribution in [0, 0.1) is 14.9 Å². The van der Waals surface area contributed by atoms with Crippen LogP contribution in [0.3, 0.4) is 0 Å². The highest BCUT2D eigenvalue weighted by molar-refractivity contribution is 14.1. The summed E-state index contributed by atoms with van der Waals surface area (Å²) in [5.41, 5.74) is 3.62. The third-order valence-corrected chi connectivity index (χ3v) is 4.41. The summed E-state index contributed by atoms with van der Waals surface area (Å²) in [4.78, 5) is 0. The van der Waals surface area contributed by atoms with E-state index in [1.54, 1.807) is 0 Å². The smallest absolute Gasteiger partial charge is 0.120 e. The lowest BCUT2D eigenvalue weighted by Gasteiger charge is -2.07. The van der Waals surface area contributed by atoms with Crippen LogP contribution in [0.1, 0.15) is 16.7 Å². The standard InChI is InChI=1S/C22H16INO/c23-21-11-9-19(10-12-21)20(15-24)13-18-7-4-8-22(14-18)25-16-17-5-2-1-3-6-17/h1-14H,16H2/b20-13-. The number of nitriles is 1. The first-order valence-electron chi connectivity index (χ1n) is 7.89. The molecule has 0 fully saturated rings. The van der Waals surface area contributed by atoms with Gasteiger partial charge < -0.3 is 4.74 Å². The van der Waals surface area contributed by atoms with Gasteiger partial charge in [0.25, 0.3) is 0 Å². The molecule has 0 bridgehead atoms. The second-order valence-electron chi connectivity index (χ2n) is 5.52. The topological polar surface area (TPSA) is 33.0 Å². The molecule has 0 aliphatic rings. The molecule has 25 heavy (non-hydrogen) atoms. The molecule has 0 aliphatic carbocycles. The Hall–Kier alpha value is -2.58. The first-order chi connectivity index (χ1) is 12.2. The van der Waals surface area contributed by atoms with E-state index in [0.29, 0.717) is 12.2 Å². The molecule has 0 aliphatic heterocycles. The summed E-state index contributed by atoms with van der Waals surface area (Å²) in [6, 6.07) is 28.1. The molecule has 0 radical (unpaired) electrons. The minimum Gasteiger partial charge on any atom is -0.489 e. The summed E-state index contributed by atoms with van der Waals surface area (Å²) in [7, 11) is 0. The Morgan fingerprint density at radius 1 is 0.960 bits per heavy atom. The molecule has 0 N–H and O–H groups in total. The summed E-state index contributed by atoms with van der Waals surface area (Å²) < 4.78 is 7.00. The fourth-order valence-corrected chi connectivity index (χ4v) is 2.77. The normalized spacial score (nSPS) is 11.0. The summed E-state index contributed by atoms with van der Waals surface area (Å²) >= 11 is 2.25. The van der Waals surface area contributed by atoms with Gasteiger partial charge in [0.15, 0.2) is 0 Å². The van der Waals surface area contributed by atoms with Gasteiger partial charge in [-0.05, 0) is 69.6 Å². The van der Waals surface area contributed by atoms with Crippen molar-refractivity contribution in [2.24, 2.45) is 0 Å². The largest absolute Gasteiger partial charge is 0.489 e. The van der Waals surface area contributed by atoms with Crippen molar-refractivity contribution in [1.82, 2.24) is 0 Å². The van der Waals surface area contributed by atoms with E-state index in [-0.39, 0.29) is 0 Å². The van der Waals surface area contributed by atoms with Gasteiger partial charge in [0, 0.05) is 3.57 Å². The number of benzene rings is 3. The molecule has 0 unspecified atom stereocenters. The number of hydrogen-bond donors (Lipinski definition) is 0. The van der Waals surface area contributed by atoms with Crippen LogP contribution in [0.15, 0.2) is 78.9 Å². The molecular formula is C22H16INO. The number of halogens is 1. The fraction of sp³-hybridized carbons (Fsp3) is 0.0455. The molecule has 0 spiro atoms. The number of allylic oxidation sites excluding steroid dienone is 1. The first kappa shape index (κ1) is 17.2. The van der Waals surface area contributed by atoms with Crippen molar-refractivity contribution in [1.29, 1.82) is 5.26 Å². The lowest BCUT2D eigenvalue weighted by Crippen LogP contribution is -1.95. The van der Waals surface area contributed by atoms with E-state index in [1.807, 2.05) is 84.9 Å². The Morgan fingerprint density at radius 3 is 2.44 bits per heavy atom. The molecular weight excluding hydrogens is 421 g/mol. The van der Waals surface area contributed by atoms with Crippen molar-refractivity contribution in [2.45, 2.75) is 6.61 Å². The van der Waals surface area contributed by atoms with Crippen molar-refractivity contribution in [3.05, 3.63) is 99.1 Å². The zero-order valence-corrected chi connectivity index (χ0v) is 15.7. The van der Waals surface area contributed by atoms with Crippen LogP contribution in [0.2, 0.25) is 0 Å². The maximum absolute atomic E-state index is 9.48. The first-order valence-corrected chi connectivity index (χ1v) is 8.97. The van der Waals surface area contributed by atoms with E-state index in [4.69, 9.17) is 4.74 Å². The van der Waals surface area contributed by atoms with Gasteiger partial charge in [0.05, 0.1) is 11.6 Å². The SMILES string of the molecule is N#C/C(=C/c1cccc(OCc2ccccc2)c1)c1ccc(I)cc1. The molecule has 122 valence electrons. The fourth-order valence-electron chi connectivity index (χ4n) is 2.41. The zero-order valence-electron chi connectivity index (χ0n) is 13.5. The second-order valence-corrected chi connectivity index (χ2v) is 6.77. The van der Waals surface area contributed by atoms with Crippen molar-refractivity contribution < 1.29 is 4.74 Å². The maximum atomic E-state index is 9.48. The van der Waals surface area contributed by atoms with E-state index in [2.05, 4.69) is 28.7 Å². The third kappa shape index (κ3) is 4.94. The Kier molecular flexibility index (Phi) is 5.86. The highest BCUT2D eigenvalue weighted by Crippen LogP contribution is 2.22. The maximum Gasteiger partial charge on any atom is 0.120 e. The lowest BCUT2D eigenvalue weighted by molar-refractivity contribution is 0.306. The Bertz CT molecular complexity index is 909. The van der Waals surface area contributed by atoms with E-state index in [0.717, 1.165) is 26.0 Å². The summed E-state index contributed by atoms with van der Waals surface area (Å²) in [6.07, 6.45) is 1.89. The van der Waals surface area contributed by atoms with Gasteiger partial charge in [0.2, 0.25) is 0 Å². The van der Waals surface area contributed by atoms with E-state index in [1.165, 1.54) is 0 Å². The average molecular weight is 437 g/mol. The van der Waals surface area contributed by atoms with Gasteiger partial charge in [-0.1, -0.05) is 54.6 Å².